The van der Waals surface area contributed by atoms with Crippen LogP contribution in [0.1, 0.15) is 12.5 Å². The molecule has 2 rings (SSSR count). The quantitative estimate of drug-likeness (QED) is 0.627. The summed E-state index contributed by atoms with van der Waals surface area (Å²) >= 11 is 5.78. The Bertz CT molecular complexity index is 496. The van der Waals surface area contributed by atoms with Gasteiger partial charge in [0, 0.05) is 10.6 Å². The zero-order chi connectivity index (χ0) is 13.7. The van der Waals surface area contributed by atoms with E-state index >= 15 is 0 Å². The predicted molar refractivity (Wildman–Crippen MR) is 69.8 cm³/mol. The van der Waals surface area contributed by atoms with Gasteiger partial charge in [-0.15, -0.1) is 0 Å². The molecule has 2 atom stereocenters. The van der Waals surface area contributed by atoms with Crippen LogP contribution in [0.3, 0.4) is 0 Å². The molecule has 1 aromatic carbocycles. The molecular weight excluding hydrogens is 268 g/mol. The molecule has 100 valence electrons. The van der Waals surface area contributed by atoms with E-state index in [1.807, 2.05) is 13.0 Å². The minimum Gasteiger partial charge on any atom is -0.392 e. The van der Waals surface area contributed by atoms with Crippen molar-refractivity contribution in [1.29, 1.82) is 5.26 Å². The smallest absolute Gasteiger partial charge is 0.186 e. The third-order valence-electron chi connectivity index (χ3n) is 2.54. The van der Waals surface area contributed by atoms with E-state index in [1.54, 1.807) is 24.3 Å². The number of benzene rings is 1. The molecule has 1 aromatic rings. The van der Waals surface area contributed by atoms with E-state index in [0.717, 1.165) is 0 Å². The highest BCUT2D eigenvalue weighted by Crippen LogP contribution is 2.12. The highest BCUT2D eigenvalue weighted by molar-refractivity contribution is 6.30. The van der Waals surface area contributed by atoms with Gasteiger partial charge in [0.1, 0.15) is 18.8 Å². The van der Waals surface area contributed by atoms with Gasteiger partial charge in [0.05, 0.1) is 6.61 Å². The summed E-state index contributed by atoms with van der Waals surface area (Å²) in [7, 11) is 0. The fourth-order valence-electron chi connectivity index (χ4n) is 1.61. The SMILES string of the molecule is CC1OCC(CON=C(C#N)c2ccc(Cl)cc2)O1. The van der Waals surface area contributed by atoms with Gasteiger partial charge in [-0.05, 0) is 19.1 Å². The maximum absolute atomic E-state index is 9.03. The number of nitrogens with zero attached hydrogens (tertiary/aromatic N) is 2. The van der Waals surface area contributed by atoms with Gasteiger partial charge in [0.25, 0.3) is 0 Å². The molecule has 0 radical (unpaired) electrons. The van der Waals surface area contributed by atoms with Crippen LogP contribution in [-0.2, 0) is 14.3 Å². The van der Waals surface area contributed by atoms with Gasteiger partial charge in [-0.1, -0.05) is 28.9 Å². The van der Waals surface area contributed by atoms with Gasteiger partial charge in [-0.2, -0.15) is 5.26 Å². The molecule has 0 bridgehead atoms. The molecule has 0 spiro atoms. The molecule has 1 heterocycles. The topological polar surface area (TPSA) is 63.8 Å². The molecule has 0 aliphatic carbocycles. The number of hydrogen-bond donors (Lipinski definition) is 0. The average molecular weight is 281 g/mol. The van der Waals surface area contributed by atoms with E-state index in [4.69, 9.17) is 31.2 Å². The molecule has 0 saturated carbocycles. The Kier molecular flexibility index (Phi) is 4.74. The van der Waals surface area contributed by atoms with Crippen LogP contribution in [-0.4, -0.2) is 31.3 Å². The Hall–Kier alpha value is -1.61. The predicted octanol–water partition coefficient (Wildman–Crippen LogP) is 2.35. The molecule has 0 N–H and O–H groups in total. The minimum atomic E-state index is -0.218. The number of halogens is 1. The largest absolute Gasteiger partial charge is 0.392 e. The maximum Gasteiger partial charge on any atom is 0.186 e. The van der Waals surface area contributed by atoms with Crippen molar-refractivity contribution in [2.75, 3.05) is 13.2 Å². The van der Waals surface area contributed by atoms with Crippen molar-refractivity contribution in [1.82, 2.24) is 0 Å². The molecular formula is C13H13ClN2O3. The Morgan fingerprint density at radius 2 is 2.26 bits per heavy atom. The van der Waals surface area contributed by atoms with Crippen molar-refractivity contribution >= 4 is 17.3 Å². The first kappa shape index (κ1) is 13.8. The van der Waals surface area contributed by atoms with E-state index in [2.05, 4.69) is 5.16 Å². The first-order valence-corrected chi connectivity index (χ1v) is 6.20. The van der Waals surface area contributed by atoms with Crippen LogP contribution in [0.25, 0.3) is 0 Å². The molecule has 0 amide bonds. The summed E-state index contributed by atoms with van der Waals surface area (Å²) in [5.74, 6) is 0. The Morgan fingerprint density at radius 1 is 1.53 bits per heavy atom. The zero-order valence-corrected chi connectivity index (χ0v) is 11.1. The summed E-state index contributed by atoms with van der Waals surface area (Å²) in [5, 5.41) is 13.4. The van der Waals surface area contributed by atoms with E-state index < -0.39 is 0 Å². The number of rotatable bonds is 4. The zero-order valence-electron chi connectivity index (χ0n) is 10.4. The van der Waals surface area contributed by atoms with Crippen LogP contribution >= 0.6 is 11.6 Å². The third-order valence-corrected chi connectivity index (χ3v) is 2.79. The number of nitriles is 1. The average Bonchev–Trinajstić information content (AvgIpc) is 2.82. The molecule has 1 aliphatic rings. The molecule has 0 aromatic heterocycles. The lowest BCUT2D eigenvalue weighted by atomic mass is 10.1. The summed E-state index contributed by atoms with van der Waals surface area (Å²) in [6, 6.07) is 8.80. The van der Waals surface area contributed by atoms with E-state index in [1.165, 1.54) is 0 Å². The Labute approximate surface area is 116 Å². The molecule has 1 saturated heterocycles. The Morgan fingerprint density at radius 3 is 2.84 bits per heavy atom. The molecule has 1 fully saturated rings. The number of oxime groups is 1. The van der Waals surface area contributed by atoms with E-state index in [9.17, 15) is 0 Å². The van der Waals surface area contributed by atoms with Gasteiger partial charge in [-0.3, -0.25) is 0 Å². The van der Waals surface area contributed by atoms with Crippen molar-refractivity contribution in [2.45, 2.75) is 19.3 Å². The molecule has 6 heteroatoms. The molecule has 2 unspecified atom stereocenters. The van der Waals surface area contributed by atoms with Gasteiger partial charge in [0.15, 0.2) is 12.0 Å². The van der Waals surface area contributed by atoms with Crippen molar-refractivity contribution in [3.05, 3.63) is 34.9 Å². The van der Waals surface area contributed by atoms with Crippen LogP contribution in [0.2, 0.25) is 5.02 Å². The van der Waals surface area contributed by atoms with Crippen LogP contribution in [0.5, 0.6) is 0 Å². The van der Waals surface area contributed by atoms with Gasteiger partial charge in [-0.25, -0.2) is 0 Å². The van der Waals surface area contributed by atoms with Crippen molar-refractivity contribution in [3.8, 4) is 6.07 Å². The van der Waals surface area contributed by atoms with Crippen LogP contribution in [0.15, 0.2) is 29.4 Å². The second-order valence-electron chi connectivity index (χ2n) is 4.01. The monoisotopic (exact) mass is 280 g/mol. The second-order valence-corrected chi connectivity index (χ2v) is 4.45. The van der Waals surface area contributed by atoms with Crippen molar-refractivity contribution in [2.24, 2.45) is 5.16 Å². The van der Waals surface area contributed by atoms with E-state index in [-0.39, 0.29) is 24.7 Å². The minimum absolute atomic E-state index is 0.149. The fourth-order valence-corrected chi connectivity index (χ4v) is 1.74. The first-order valence-electron chi connectivity index (χ1n) is 5.82. The maximum atomic E-state index is 9.03. The van der Waals surface area contributed by atoms with Gasteiger partial charge in [0.2, 0.25) is 0 Å². The normalized spacial score (nSPS) is 23.1. The molecule has 19 heavy (non-hydrogen) atoms. The van der Waals surface area contributed by atoms with Crippen LogP contribution < -0.4 is 0 Å². The lowest BCUT2D eigenvalue weighted by Gasteiger charge is -2.06. The van der Waals surface area contributed by atoms with Gasteiger partial charge >= 0.3 is 0 Å². The van der Waals surface area contributed by atoms with Crippen LogP contribution in [0, 0.1) is 11.3 Å². The fraction of sp³-hybridized carbons (Fsp3) is 0.385. The molecule has 1 aliphatic heterocycles. The van der Waals surface area contributed by atoms with Gasteiger partial charge < -0.3 is 14.3 Å². The summed E-state index contributed by atoms with van der Waals surface area (Å²) in [4.78, 5) is 5.13. The lowest BCUT2D eigenvalue weighted by Crippen LogP contribution is -2.17. The van der Waals surface area contributed by atoms with Crippen molar-refractivity contribution in [3.63, 3.8) is 0 Å². The standard InChI is InChI=1S/C13H13ClN2O3/c1-9-17-7-12(19-9)8-18-16-13(6-15)10-2-4-11(14)5-3-10/h2-5,9,12H,7-8H2,1H3. The second kappa shape index (κ2) is 6.53. The molecule has 5 nitrogen and oxygen atoms in total. The number of ether oxygens (including phenoxy) is 2. The summed E-state index contributed by atoms with van der Waals surface area (Å²) in [6.07, 6.45) is -0.367. The van der Waals surface area contributed by atoms with Crippen LogP contribution in [0.4, 0.5) is 0 Å². The van der Waals surface area contributed by atoms with Crippen molar-refractivity contribution < 1.29 is 14.3 Å². The summed E-state index contributed by atoms with van der Waals surface area (Å²) < 4.78 is 10.6. The van der Waals surface area contributed by atoms with E-state index in [0.29, 0.717) is 17.2 Å². The third kappa shape index (κ3) is 3.93. The summed E-state index contributed by atoms with van der Waals surface area (Å²) in [6.45, 7) is 2.54. The Balaban J connectivity index is 1.92. The number of hydrogen-bond acceptors (Lipinski definition) is 5. The lowest BCUT2D eigenvalue weighted by molar-refractivity contribution is -0.0578. The summed E-state index contributed by atoms with van der Waals surface area (Å²) in [5.41, 5.74) is 0.854. The highest BCUT2D eigenvalue weighted by Gasteiger charge is 2.22. The first-order chi connectivity index (χ1) is 9.19. The highest BCUT2D eigenvalue weighted by atomic mass is 35.5.